The Morgan fingerprint density at radius 2 is 1.41 bits per heavy atom. The summed E-state index contributed by atoms with van der Waals surface area (Å²) in [6.45, 7) is 11.0. The molecule has 1 aliphatic carbocycles. The Morgan fingerprint density at radius 1 is 0.683 bits per heavy atom. The molecule has 0 radical (unpaired) electrons. The van der Waals surface area contributed by atoms with Gasteiger partial charge in [-0.3, -0.25) is 38.6 Å². The number of carbonyl (C=O) groups is 5. The molecule has 4 atom stereocenters. The lowest BCUT2D eigenvalue weighted by atomic mass is 9.82. The second-order valence-corrected chi connectivity index (χ2v) is 23.6. The van der Waals surface area contributed by atoms with Crippen LogP contribution in [0.5, 0.6) is 0 Å². The Hall–Kier alpha value is -6.96. The Labute approximate surface area is 477 Å². The summed E-state index contributed by atoms with van der Waals surface area (Å²) in [4.78, 5) is 93.9. The van der Waals surface area contributed by atoms with Gasteiger partial charge in [-0.25, -0.2) is 18.3 Å². The molecule has 4 saturated heterocycles. The first-order valence-electron chi connectivity index (χ1n) is 29.6. The van der Waals surface area contributed by atoms with E-state index >= 15 is 4.39 Å². The Morgan fingerprint density at radius 3 is 2.16 bits per heavy atom. The third kappa shape index (κ3) is 13.9. The van der Waals surface area contributed by atoms with Gasteiger partial charge in [-0.1, -0.05) is 61.7 Å². The van der Waals surface area contributed by atoms with E-state index in [2.05, 4.69) is 44.5 Å². The number of carbonyl (C=O) groups excluding carboxylic acids is 5. The number of aromatic nitrogens is 2. The van der Waals surface area contributed by atoms with Gasteiger partial charge in [0.15, 0.2) is 0 Å². The van der Waals surface area contributed by atoms with Crippen molar-refractivity contribution in [2.75, 3.05) is 85.1 Å². The van der Waals surface area contributed by atoms with Gasteiger partial charge in [0.05, 0.1) is 29.7 Å². The van der Waals surface area contributed by atoms with E-state index in [0.717, 1.165) is 102 Å². The molecular formula is C63H77F3N10O6. The van der Waals surface area contributed by atoms with Crippen LogP contribution in [0.15, 0.2) is 89.7 Å². The van der Waals surface area contributed by atoms with Crippen LogP contribution in [0.3, 0.4) is 0 Å². The number of nitrogens with zero attached hydrogens (tertiary/aromatic N) is 7. The molecule has 0 bridgehead atoms. The lowest BCUT2D eigenvalue weighted by molar-refractivity contribution is -0.143. The van der Waals surface area contributed by atoms with Crippen LogP contribution in [-0.4, -0.2) is 172 Å². The number of halogens is 3. The first-order chi connectivity index (χ1) is 39.6. The Kier molecular flexibility index (Phi) is 18.8. The molecule has 82 heavy (non-hydrogen) atoms. The van der Waals surface area contributed by atoms with Crippen molar-refractivity contribution in [3.05, 3.63) is 146 Å². The largest absolute Gasteiger partial charge is 0.341 e. The van der Waals surface area contributed by atoms with Crippen molar-refractivity contribution in [1.82, 2.24) is 50.2 Å². The molecule has 5 heterocycles. The van der Waals surface area contributed by atoms with Crippen molar-refractivity contribution < 1.29 is 37.1 Å². The number of H-pyrrole nitrogens is 1. The summed E-state index contributed by atoms with van der Waals surface area (Å²) >= 11 is 0. The highest BCUT2D eigenvalue weighted by Crippen LogP contribution is 2.32. The molecule has 5 aliphatic rings. The van der Waals surface area contributed by atoms with Gasteiger partial charge in [0, 0.05) is 112 Å². The van der Waals surface area contributed by atoms with E-state index in [0.29, 0.717) is 85.7 Å². The van der Waals surface area contributed by atoms with Crippen LogP contribution in [0.4, 0.5) is 13.2 Å². The van der Waals surface area contributed by atoms with Crippen LogP contribution >= 0.6 is 0 Å². The molecule has 10 rings (SSSR count). The number of fused-ring (bicyclic) bond motifs is 1. The predicted molar refractivity (Wildman–Crippen MR) is 306 cm³/mol. The molecule has 0 unspecified atom stereocenters. The highest BCUT2D eigenvalue weighted by Gasteiger charge is 2.41. The standard InChI is InChI=1S/C63H77F3N10O6/c1-41-36-72(38-43-21-24-71(25-22-43)40-58(78)73-26-28-74(29-27-73)62(81)53-30-44(17-20-54(53)65)31-56-51-15-6-7-16-52(51)61(80)70-69-56)37-42(2)76(41)63(82)59(45-10-4-3-5-11-45)68-60(79)47-13-8-12-46(32-47)49-14-9-23-75(39-49)57(77)35-67-34-48-18-19-50(64)33-55(48)66/h6-8,12-13,15-20,30,32-33,41-43,45,49,59,67H,3-5,9-11,14,21-29,31,34-40H2,1-2H3,(H,68,79)(H,70,80)/t41-,42-,49-,59-/m1/s1. The van der Waals surface area contributed by atoms with Gasteiger partial charge >= 0.3 is 0 Å². The second-order valence-electron chi connectivity index (χ2n) is 23.6. The molecule has 5 fully saturated rings. The van der Waals surface area contributed by atoms with Crippen molar-refractivity contribution in [1.29, 1.82) is 0 Å². The van der Waals surface area contributed by atoms with Crippen LogP contribution in [-0.2, 0) is 27.3 Å². The Balaban J connectivity index is 0.671. The number of amides is 5. The number of nitrogens with one attached hydrogen (secondary N) is 3. The van der Waals surface area contributed by atoms with E-state index < -0.39 is 29.4 Å². The van der Waals surface area contributed by atoms with Crippen LogP contribution in [0.25, 0.3) is 10.8 Å². The minimum absolute atomic E-state index is 0.0144. The van der Waals surface area contributed by atoms with Gasteiger partial charge in [-0.05, 0) is 125 Å². The van der Waals surface area contributed by atoms with Crippen LogP contribution in [0.2, 0.25) is 0 Å². The lowest BCUT2D eigenvalue weighted by Gasteiger charge is -2.47. The molecule has 4 aliphatic heterocycles. The zero-order valence-corrected chi connectivity index (χ0v) is 47.2. The summed E-state index contributed by atoms with van der Waals surface area (Å²) in [6, 6.07) is 21.8. The average molecular weight is 1130 g/mol. The highest BCUT2D eigenvalue weighted by molar-refractivity contribution is 5.98. The smallest absolute Gasteiger partial charge is 0.272 e. The first kappa shape index (κ1) is 58.2. The molecular weight excluding hydrogens is 1050 g/mol. The lowest BCUT2D eigenvalue weighted by Crippen LogP contribution is -2.64. The van der Waals surface area contributed by atoms with E-state index in [9.17, 15) is 37.5 Å². The molecule has 4 aromatic carbocycles. The fourth-order valence-corrected chi connectivity index (χ4v) is 13.4. The number of hydrogen-bond acceptors (Lipinski definition) is 10. The molecule has 19 heteroatoms. The quantitative estimate of drug-likeness (QED) is 0.0963. The number of likely N-dealkylation sites (tertiary alicyclic amines) is 2. The van der Waals surface area contributed by atoms with Crippen molar-refractivity contribution in [2.24, 2.45) is 11.8 Å². The van der Waals surface area contributed by atoms with E-state index in [-0.39, 0.29) is 77.3 Å². The summed E-state index contributed by atoms with van der Waals surface area (Å²) in [5, 5.41) is 14.2. The number of rotatable bonds is 16. The number of piperazine rings is 2. The average Bonchev–Trinajstić information content (AvgIpc) is 3.62. The third-order valence-electron chi connectivity index (χ3n) is 17.8. The fourth-order valence-electron chi connectivity index (χ4n) is 13.4. The molecule has 16 nitrogen and oxygen atoms in total. The monoisotopic (exact) mass is 1130 g/mol. The molecule has 1 saturated carbocycles. The predicted octanol–water partition coefficient (Wildman–Crippen LogP) is 6.72. The van der Waals surface area contributed by atoms with Crippen molar-refractivity contribution in [3.63, 3.8) is 0 Å². The maximum atomic E-state index is 15.2. The second kappa shape index (κ2) is 26.5. The SMILES string of the molecule is C[C@@H]1CN(CC2CCN(CC(=O)N3CCN(C(=O)c4cc(Cc5n[nH]c(=O)c6ccccc56)ccc4F)CC3)CC2)C[C@@H](C)N1C(=O)[C@H](NC(=O)c1cccc([C@@H]2CCCN(C(=O)CNCc3ccc(F)cc3F)C2)c1)C1CCCCC1. The van der Waals surface area contributed by atoms with Crippen molar-refractivity contribution in [2.45, 2.75) is 109 Å². The first-order valence-corrected chi connectivity index (χ1v) is 29.6. The van der Waals surface area contributed by atoms with E-state index in [4.69, 9.17) is 0 Å². The molecule has 5 aromatic rings. The summed E-state index contributed by atoms with van der Waals surface area (Å²) in [5.74, 6) is -2.25. The van der Waals surface area contributed by atoms with Gasteiger partial charge in [0.1, 0.15) is 23.5 Å². The molecule has 3 N–H and O–H groups in total. The summed E-state index contributed by atoms with van der Waals surface area (Å²) in [6.07, 6.45) is 8.73. The van der Waals surface area contributed by atoms with Crippen molar-refractivity contribution in [3.8, 4) is 0 Å². The highest BCUT2D eigenvalue weighted by atomic mass is 19.1. The number of aromatic amines is 1. The van der Waals surface area contributed by atoms with Crippen LogP contribution < -0.4 is 16.2 Å². The zero-order chi connectivity index (χ0) is 57.4. The summed E-state index contributed by atoms with van der Waals surface area (Å²) < 4.78 is 42.7. The van der Waals surface area contributed by atoms with Crippen molar-refractivity contribution >= 4 is 40.3 Å². The minimum Gasteiger partial charge on any atom is -0.341 e. The van der Waals surface area contributed by atoms with E-state index in [1.807, 2.05) is 35.2 Å². The van der Waals surface area contributed by atoms with E-state index in [1.165, 1.54) is 18.2 Å². The van der Waals surface area contributed by atoms with Gasteiger partial charge in [-0.2, -0.15) is 5.10 Å². The summed E-state index contributed by atoms with van der Waals surface area (Å²) in [5.41, 5.74) is 2.70. The molecule has 5 amide bonds. The molecule has 1 aromatic heterocycles. The molecule has 0 spiro atoms. The maximum Gasteiger partial charge on any atom is 0.272 e. The summed E-state index contributed by atoms with van der Waals surface area (Å²) in [7, 11) is 0. The number of hydrogen-bond donors (Lipinski definition) is 3. The topological polar surface area (TPSA) is 175 Å². The number of piperidine rings is 2. The van der Waals surface area contributed by atoms with Gasteiger partial charge in [-0.15, -0.1) is 0 Å². The zero-order valence-electron chi connectivity index (χ0n) is 47.2. The normalized spacial score (nSPS) is 21.2. The minimum atomic E-state index is -0.659. The van der Waals surface area contributed by atoms with Crippen LogP contribution in [0, 0.1) is 29.3 Å². The fraction of sp³-hybridized carbons (Fsp3) is 0.508. The van der Waals surface area contributed by atoms with Gasteiger partial charge in [0.25, 0.3) is 17.4 Å². The van der Waals surface area contributed by atoms with Gasteiger partial charge in [0.2, 0.25) is 17.7 Å². The maximum absolute atomic E-state index is 15.2. The van der Waals surface area contributed by atoms with Crippen LogP contribution in [0.1, 0.15) is 121 Å². The molecule has 436 valence electrons. The third-order valence-corrected chi connectivity index (χ3v) is 17.8. The number of benzene rings is 4. The Bertz CT molecular complexity index is 3160. The van der Waals surface area contributed by atoms with E-state index in [1.54, 1.807) is 45.0 Å². The van der Waals surface area contributed by atoms with Gasteiger partial charge < -0.3 is 30.2 Å².